The zero-order chi connectivity index (χ0) is 36.5. The average molecular weight is 740 g/mol. The van der Waals surface area contributed by atoms with E-state index in [9.17, 15) is 24.0 Å². The summed E-state index contributed by atoms with van der Waals surface area (Å²) in [5.41, 5.74) is 3.67. The molecular weight excluding hydrogens is 706 g/mol. The SMILES string of the molecule is COc1ccc2c(c1)C(c1ccc(Cl)cc1)=N[C@@H](CC(=O)NCCCCSc1cccc3c1C(=O)N(C1CCC(=O)NC1=O)C3=O)c1nnc(C)n1-2. The van der Waals surface area contributed by atoms with E-state index in [1.807, 2.05) is 41.8 Å². The standard InChI is InChI=1S/C37H34ClN7O6S/c1-20-42-43-34-26(40-33(21-8-10-22(38)11-9-21)25-18-23(51-2)12-13-27(25)44(20)34)19-31(47)39-16-3-4-17-52-29-7-5-6-24-32(29)37(50)45(36(24)49)28-14-15-30(46)41-35(28)48/h5-13,18,26,28H,3-4,14-17,19H2,1-2H3,(H,39,47)(H,41,46,48)/t26-,28?/m0/s1. The number of halogens is 1. The quantitative estimate of drug-likeness (QED) is 0.127. The molecule has 7 rings (SSSR count). The fourth-order valence-corrected chi connectivity index (χ4v) is 7.88. The third-order valence-electron chi connectivity index (χ3n) is 9.21. The van der Waals surface area contributed by atoms with Gasteiger partial charge in [0.15, 0.2) is 5.82 Å². The molecule has 0 bridgehead atoms. The van der Waals surface area contributed by atoms with Crippen molar-refractivity contribution in [1.82, 2.24) is 30.3 Å². The van der Waals surface area contributed by atoms with E-state index in [4.69, 9.17) is 21.3 Å². The van der Waals surface area contributed by atoms with Crippen molar-refractivity contribution in [2.24, 2.45) is 4.99 Å². The largest absolute Gasteiger partial charge is 0.497 e. The minimum atomic E-state index is -1.02. The van der Waals surface area contributed by atoms with Gasteiger partial charge in [-0.25, -0.2) is 0 Å². The number of benzene rings is 3. The number of nitrogens with zero attached hydrogens (tertiary/aromatic N) is 5. The number of unbranched alkanes of at least 4 members (excludes halogenated alkanes) is 1. The number of aliphatic imine (C=N–C) groups is 1. The summed E-state index contributed by atoms with van der Waals surface area (Å²) < 4.78 is 7.47. The molecule has 4 aromatic rings. The molecule has 2 N–H and O–H groups in total. The number of aryl methyl sites for hydroxylation is 1. The summed E-state index contributed by atoms with van der Waals surface area (Å²) in [4.78, 5) is 70.7. The topological polar surface area (TPSA) is 165 Å². The van der Waals surface area contributed by atoms with Crippen LogP contribution in [0.1, 0.15) is 81.6 Å². The van der Waals surface area contributed by atoms with Crippen LogP contribution in [0, 0.1) is 6.92 Å². The van der Waals surface area contributed by atoms with E-state index in [0.717, 1.165) is 28.1 Å². The Balaban J connectivity index is 0.989. The molecule has 3 aliphatic rings. The minimum Gasteiger partial charge on any atom is -0.497 e. The van der Waals surface area contributed by atoms with Gasteiger partial charge in [0, 0.05) is 34.0 Å². The number of fused-ring (bicyclic) bond motifs is 4. The first-order chi connectivity index (χ1) is 25.1. The second-order valence-corrected chi connectivity index (χ2v) is 14.1. The maximum Gasteiger partial charge on any atom is 0.263 e. The first-order valence-corrected chi connectivity index (χ1v) is 18.2. The number of ether oxygens (including phenoxy) is 1. The molecule has 1 unspecified atom stereocenters. The van der Waals surface area contributed by atoms with E-state index in [1.165, 1.54) is 11.8 Å². The summed E-state index contributed by atoms with van der Waals surface area (Å²) in [6.45, 7) is 2.29. The molecule has 2 atom stereocenters. The molecule has 15 heteroatoms. The highest BCUT2D eigenvalue weighted by Crippen LogP contribution is 2.36. The Morgan fingerprint density at radius 3 is 2.60 bits per heavy atom. The van der Waals surface area contributed by atoms with Gasteiger partial charge in [0.05, 0.1) is 36.1 Å². The van der Waals surface area contributed by atoms with Crippen LogP contribution in [0.2, 0.25) is 5.02 Å². The number of hydrogen-bond donors (Lipinski definition) is 2. The Morgan fingerprint density at radius 2 is 1.83 bits per heavy atom. The van der Waals surface area contributed by atoms with E-state index >= 15 is 0 Å². The number of thioether (sulfide) groups is 1. The van der Waals surface area contributed by atoms with Gasteiger partial charge in [-0.3, -0.25) is 43.7 Å². The zero-order valence-corrected chi connectivity index (χ0v) is 29.9. The van der Waals surface area contributed by atoms with E-state index in [1.54, 1.807) is 37.4 Å². The normalized spacial score (nSPS) is 17.9. The number of aromatic nitrogens is 3. The molecule has 0 saturated carbocycles. The fourth-order valence-electron chi connectivity index (χ4n) is 6.67. The smallest absolute Gasteiger partial charge is 0.263 e. The third kappa shape index (κ3) is 6.71. The molecule has 4 heterocycles. The predicted octanol–water partition coefficient (Wildman–Crippen LogP) is 4.61. The lowest BCUT2D eigenvalue weighted by Crippen LogP contribution is -2.54. The van der Waals surface area contributed by atoms with Gasteiger partial charge in [0.2, 0.25) is 17.7 Å². The monoisotopic (exact) mass is 739 g/mol. The summed E-state index contributed by atoms with van der Waals surface area (Å²) in [6.07, 6.45) is 1.61. The lowest BCUT2D eigenvalue weighted by molar-refractivity contribution is -0.136. The van der Waals surface area contributed by atoms with Crippen LogP contribution in [0.3, 0.4) is 0 Å². The van der Waals surface area contributed by atoms with Crippen LogP contribution in [0.15, 0.2) is 70.6 Å². The zero-order valence-electron chi connectivity index (χ0n) is 28.3. The Bertz CT molecular complexity index is 2150. The van der Waals surface area contributed by atoms with Gasteiger partial charge in [-0.1, -0.05) is 29.8 Å². The Morgan fingerprint density at radius 1 is 1.02 bits per heavy atom. The number of nitrogens with one attached hydrogen (secondary N) is 2. The average Bonchev–Trinajstić information content (AvgIpc) is 3.59. The summed E-state index contributed by atoms with van der Waals surface area (Å²) in [5, 5.41) is 14.6. The predicted molar refractivity (Wildman–Crippen MR) is 193 cm³/mol. The van der Waals surface area contributed by atoms with Crippen molar-refractivity contribution >= 4 is 58.6 Å². The van der Waals surface area contributed by atoms with Gasteiger partial charge in [-0.05, 0) is 74.4 Å². The van der Waals surface area contributed by atoms with Crippen molar-refractivity contribution in [3.05, 3.63) is 99.6 Å². The van der Waals surface area contributed by atoms with Crippen molar-refractivity contribution in [3.63, 3.8) is 0 Å². The molecule has 3 aromatic carbocycles. The number of amides is 5. The maximum atomic E-state index is 13.4. The van der Waals surface area contributed by atoms with Crippen LogP contribution < -0.4 is 15.4 Å². The van der Waals surface area contributed by atoms with E-state index in [-0.39, 0.29) is 36.3 Å². The number of methoxy groups -OCH3 is 1. The van der Waals surface area contributed by atoms with Crippen molar-refractivity contribution in [2.75, 3.05) is 19.4 Å². The van der Waals surface area contributed by atoms with Gasteiger partial charge in [-0.2, -0.15) is 0 Å². The minimum absolute atomic E-state index is 0.0467. The molecule has 0 spiro atoms. The third-order valence-corrected chi connectivity index (χ3v) is 10.6. The Labute approximate surface area is 308 Å². The molecule has 0 radical (unpaired) electrons. The van der Waals surface area contributed by atoms with Crippen LogP contribution in [-0.2, 0) is 14.4 Å². The molecule has 1 saturated heterocycles. The second-order valence-electron chi connectivity index (χ2n) is 12.6. The highest BCUT2D eigenvalue weighted by molar-refractivity contribution is 7.99. The second kappa shape index (κ2) is 14.7. The van der Waals surface area contributed by atoms with Gasteiger partial charge in [0.1, 0.15) is 23.7 Å². The molecule has 52 heavy (non-hydrogen) atoms. The summed E-state index contributed by atoms with van der Waals surface area (Å²) in [6, 6.07) is 16.5. The Kier molecular flexibility index (Phi) is 9.93. The molecular formula is C37H34ClN7O6S. The summed E-state index contributed by atoms with van der Waals surface area (Å²) in [7, 11) is 1.61. The first-order valence-electron chi connectivity index (χ1n) is 16.8. The number of rotatable bonds is 11. The lowest BCUT2D eigenvalue weighted by Gasteiger charge is -2.27. The van der Waals surface area contributed by atoms with E-state index < -0.39 is 35.7 Å². The van der Waals surface area contributed by atoms with Gasteiger partial charge in [0.25, 0.3) is 11.8 Å². The number of carbonyl (C=O) groups is 5. The van der Waals surface area contributed by atoms with Crippen LogP contribution in [0.4, 0.5) is 0 Å². The highest BCUT2D eigenvalue weighted by Gasteiger charge is 2.45. The summed E-state index contributed by atoms with van der Waals surface area (Å²) in [5.74, 6) is 0.201. The highest BCUT2D eigenvalue weighted by atomic mass is 35.5. The van der Waals surface area contributed by atoms with Crippen molar-refractivity contribution in [1.29, 1.82) is 0 Å². The number of carbonyl (C=O) groups excluding carboxylic acids is 5. The number of imide groups is 2. The van der Waals surface area contributed by atoms with Crippen molar-refractivity contribution in [3.8, 4) is 11.4 Å². The Hall–Kier alpha value is -5.34. The first kappa shape index (κ1) is 35.1. The van der Waals surface area contributed by atoms with Crippen LogP contribution in [-0.4, -0.2) is 80.4 Å². The van der Waals surface area contributed by atoms with E-state index in [0.29, 0.717) is 51.7 Å². The summed E-state index contributed by atoms with van der Waals surface area (Å²) >= 11 is 7.65. The van der Waals surface area contributed by atoms with Crippen molar-refractivity contribution < 1.29 is 28.7 Å². The maximum absolute atomic E-state index is 13.4. The number of piperidine rings is 1. The molecule has 1 aromatic heterocycles. The molecule has 5 amide bonds. The molecule has 3 aliphatic heterocycles. The fraction of sp³-hybridized carbons (Fsp3) is 0.297. The van der Waals surface area contributed by atoms with Gasteiger partial charge < -0.3 is 10.1 Å². The molecule has 1 fully saturated rings. The molecule has 0 aliphatic carbocycles. The molecule has 266 valence electrons. The van der Waals surface area contributed by atoms with E-state index in [2.05, 4.69) is 20.8 Å². The van der Waals surface area contributed by atoms with Crippen LogP contribution in [0.5, 0.6) is 5.75 Å². The van der Waals surface area contributed by atoms with Crippen LogP contribution >= 0.6 is 23.4 Å². The molecule has 13 nitrogen and oxygen atoms in total. The van der Waals surface area contributed by atoms with Crippen LogP contribution in [0.25, 0.3) is 5.69 Å². The van der Waals surface area contributed by atoms with Gasteiger partial charge in [-0.15, -0.1) is 22.0 Å². The lowest BCUT2D eigenvalue weighted by atomic mass is 10.00. The van der Waals surface area contributed by atoms with Crippen molar-refractivity contribution in [2.45, 2.75) is 56.0 Å². The number of hydrogen-bond acceptors (Lipinski definition) is 10. The van der Waals surface area contributed by atoms with Gasteiger partial charge >= 0.3 is 0 Å².